The minimum atomic E-state index is -0.00366. The molecule has 0 unspecified atom stereocenters. The van der Waals surface area contributed by atoms with Gasteiger partial charge in [0.05, 0.1) is 7.11 Å². The fourth-order valence-corrected chi connectivity index (χ4v) is 1.84. The number of nitrogens with two attached hydrogens (primary N) is 1. The fourth-order valence-electron chi connectivity index (χ4n) is 1.66. The van der Waals surface area contributed by atoms with Crippen LogP contribution in [-0.2, 0) is 0 Å². The van der Waals surface area contributed by atoms with E-state index >= 15 is 0 Å². The summed E-state index contributed by atoms with van der Waals surface area (Å²) in [6, 6.07) is 5.58. The molecule has 1 atom stereocenters. The number of hydrogen-bond donors (Lipinski definition) is 1. The molecule has 0 aliphatic heterocycles. The zero-order chi connectivity index (χ0) is 12.1. The standard InChI is InChI=1S/C13H20ClNO/c1-9(2)4-6-12(15)11-8-10(14)5-7-13(11)16-3/h5,7-9,12H,4,6,15H2,1-3H3/t12-/m0/s1. The Kier molecular flexibility index (Phi) is 5.10. The first-order chi connectivity index (χ1) is 7.54. The van der Waals surface area contributed by atoms with Crippen LogP contribution in [0.1, 0.15) is 38.3 Å². The highest BCUT2D eigenvalue weighted by atomic mass is 35.5. The maximum absolute atomic E-state index is 6.15. The van der Waals surface area contributed by atoms with Crippen molar-refractivity contribution in [3.05, 3.63) is 28.8 Å². The van der Waals surface area contributed by atoms with Gasteiger partial charge in [-0.25, -0.2) is 0 Å². The van der Waals surface area contributed by atoms with Gasteiger partial charge in [0.15, 0.2) is 0 Å². The fraction of sp³-hybridized carbons (Fsp3) is 0.538. The average molecular weight is 242 g/mol. The highest BCUT2D eigenvalue weighted by molar-refractivity contribution is 6.30. The van der Waals surface area contributed by atoms with Crippen molar-refractivity contribution in [2.45, 2.75) is 32.7 Å². The molecule has 0 amide bonds. The van der Waals surface area contributed by atoms with Gasteiger partial charge in [-0.15, -0.1) is 0 Å². The van der Waals surface area contributed by atoms with E-state index in [0.717, 1.165) is 24.2 Å². The maximum atomic E-state index is 6.15. The van der Waals surface area contributed by atoms with E-state index in [4.69, 9.17) is 22.1 Å². The number of methoxy groups -OCH3 is 1. The van der Waals surface area contributed by atoms with Crippen molar-refractivity contribution in [2.75, 3.05) is 7.11 Å². The van der Waals surface area contributed by atoms with Crippen molar-refractivity contribution in [2.24, 2.45) is 11.7 Å². The molecule has 0 aromatic heterocycles. The van der Waals surface area contributed by atoms with Crippen LogP contribution in [0.2, 0.25) is 5.02 Å². The first-order valence-corrected chi connectivity index (χ1v) is 6.01. The predicted octanol–water partition coefficient (Wildman–Crippen LogP) is 3.78. The molecule has 0 aliphatic carbocycles. The summed E-state index contributed by atoms with van der Waals surface area (Å²) in [6.45, 7) is 4.39. The van der Waals surface area contributed by atoms with Gasteiger partial charge in [-0.1, -0.05) is 25.4 Å². The molecule has 0 aliphatic rings. The third kappa shape index (κ3) is 3.69. The summed E-state index contributed by atoms with van der Waals surface area (Å²) in [6.07, 6.45) is 2.06. The molecule has 90 valence electrons. The zero-order valence-electron chi connectivity index (χ0n) is 10.2. The minimum absolute atomic E-state index is 0.00366. The van der Waals surface area contributed by atoms with Gasteiger partial charge in [-0.2, -0.15) is 0 Å². The summed E-state index contributed by atoms with van der Waals surface area (Å²) in [5.41, 5.74) is 7.15. The monoisotopic (exact) mass is 241 g/mol. The molecule has 0 heterocycles. The Hall–Kier alpha value is -0.730. The lowest BCUT2D eigenvalue weighted by molar-refractivity contribution is 0.401. The molecule has 0 bridgehead atoms. The van der Waals surface area contributed by atoms with E-state index in [9.17, 15) is 0 Å². The van der Waals surface area contributed by atoms with Crippen molar-refractivity contribution in [3.63, 3.8) is 0 Å². The second kappa shape index (κ2) is 6.12. The van der Waals surface area contributed by atoms with E-state index in [2.05, 4.69) is 13.8 Å². The highest BCUT2D eigenvalue weighted by Crippen LogP contribution is 2.29. The predicted molar refractivity (Wildman–Crippen MR) is 69.0 cm³/mol. The van der Waals surface area contributed by atoms with E-state index in [1.54, 1.807) is 7.11 Å². The Labute approximate surface area is 103 Å². The molecule has 16 heavy (non-hydrogen) atoms. The summed E-state index contributed by atoms with van der Waals surface area (Å²) in [4.78, 5) is 0. The molecule has 1 rings (SSSR count). The van der Waals surface area contributed by atoms with Crippen LogP contribution in [0, 0.1) is 5.92 Å². The summed E-state index contributed by atoms with van der Waals surface area (Å²) < 4.78 is 5.29. The Balaban J connectivity index is 2.80. The van der Waals surface area contributed by atoms with Gasteiger partial charge >= 0.3 is 0 Å². The quantitative estimate of drug-likeness (QED) is 0.852. The van der Waals surface area contributed by atoms with Crippen molar-refractivity contribution in [3.8, 4) is 5.75 Å². The first kappa shape index (κ1) is 13.3. The number of benzene rings is 1. The lowest BCUT2D eigenvalue weighted by atomic mass is 9.98. The molecule has 0 spiro atoms. The van der Waals surface area contributed by atoms with Crippen LogP contribution in [0.25, 0.3) is 0 Å². The van der Waals surface area contributed by atoms with Crippen LogP contribution >= 0.6 is 11.6 Å². The van der Waals surface area contributed by atoms with Crippen molar-refractivity contribution < 1.29 is 4.74 Å². The Bertz CT molecular complexity index is 339. The van der Waals surface area contributed by atoms with E-state index < -0.39 is 0 Å². The van der Waals surface area contributed by atoms with Crippen molar-refractivity contribution in [1.82, 2.24) is 0 Å². The smallest absolute Gasteiger partial charge is 0.123 e. The third-order valence-electron chi connectivity index (χ3n) is 2.65. The largest absolute Gasteiger partial charge is 0.496 e. The SMILES string of the molecule is COc1ccc(Cl)cc1[C@@H](N)CCC(C)C. The van der Waals surface area contributed by atoms with Crippen LogP contribution in [-0.4, -0.2) is 7.11 Å². The van der Waals surface area contributed by atoms with Crippen molar-refractivity contribution in [1.29, 1.82) is 0 Å². The van der Waals surface area contributed by atoms with Crippen LogP contribution < -0.4 is 10.5 Å². The van der Waals surface area contributed by atoms with E-state index in [0.29, 0.717) is 10.9 Å². The molecular formula is C13H20ClNO. The van der Waals surface area contributed by atoms with E-state index in [1.165, 1.54) is 0 Å². The maximum Gasteiger partial charge on any atom is 0.123 e. The van der Waals surface area contributed by atoms with Gasteiger partial charge < -0.3 is 10.5 Å². The molecular weight excluding hydrogens is 222 g/mol. The Morgan fingerprint density at radius 2 is 2.00 bits per heavy atom. The summed E-state index contributed by atoms with van der Waals surface area (Å²) in [7, 11) is 1.65. The number of halogens is 1. The number of rotatable bonds is 5. The summed E-state index contributed by atoms with van der Waals surface area (Å²) in [5, 5.41) is 0.704. The molecule has 0 saturated heterocycles. The van der Waals surface area contributed by atoms with Gasteiger partial charge in [0.2, 0.25) is 0 Å². The Morgan fingerprint density at radius 3 is 2.56 bits per heavy atom. The van der Waals surface area contributed by atoms with E-state index in [-0.39, 0.29) is 6.04 Å². The van der Waals surface area contributed by atoms with Crippen LogP contribution in [0.3, 0.4) is 0 Å². The van der Waals surface area contributed by atoms with Gasteiger partial charge in [0.25, 0.3) is 0 Å². The van der Waals surface area contributed by atoms with E-state index in [1.807, 2.05) is 18.2 Å². The van der Waals surface area contributed by atoms with Crippen molar-refractivity contribution >= 4 is 11.6 Å². The molecule has 0 saturated carbocycles. The first-order valence-electron chi connectivity index (χ1n) is 5.63. The van der Waals surface area contributed by atoms with Crippen LogP contribution in [0.5, 0.6) is 5.75 Å². The molecule has 1 aromatic rings. The molecule has 1 aromatic carbocycles. The average Bonchev–Trinajstić information content (AvgIpc) is 2.25. The third-order valence-corrected chi connectivity index (χ3v) is 2.88. The summed E-state index contributed by atoms with van der Waals surface area (Å²) >= 11 is 5.97. The molecule has 2 nitrogen and oxygen atoms in total. The topological polar surface area (TPSA) is 35.2 Å². The number of hydrogen-bond acceptors (Lipinski definition) is 2. The van der Waals surface area contributed by atoms with Gasteiger partial charge in [0, 0.05) is 16.6 Å². The summed E-state index contributed by atoms with van der Waals surface area (Å²) in [5.74, 6) is 1.48. The minimum Gasteiger partial charge on any atom is -0.496 e. The van der Waals surface area contributed by atoms with Gasteiger partial charge in [-0.05, 0) is 37.0 Å². The van der Waals surface area contributed by atoms with Crippen LogP contribution in [0.4, 0.5) is 0 Å². The number of ether oxygens (including phenoxy) is 1. The lowest BCUT2D eigenvalue weighted by Crippen LogP contribution is -2.12. The van der Waals surface area contributed by atoms with Crippen LogP contribution in [0.15, 0.2) is 18.2 Å². The molecule has 0 radical (unpaired) electrons. The van der Waals surface area contributed by atoms with Gasteiger partial charge in [0.1, 0.15) is 5.75 Å². The zero-order valence-corrected chi connectivity index (χ0v) is 10.9. The highest BCUT2D eigenvalue weighted by Gasteiger charge is 2.12. The Morgan fingerprint density at radius 1 is 1.31 bits per heavy atom. The molecule has 3 heteroatoms. The second-order valence-electron chi connectivity index (χ2n) is 4.46. The normalized spacial score (nSPS) is 12.9. The molecule has 2 N–H and O–H groups in total. The molecule has 0 fully saturated rings. The lowest BCUT2D eigenvalue weighted by Gasteiger charge is -2.17. The second-order valence-corrected chi connectivity index (χ2v) is 4.90. The van der Waals surface area contributed by atoms with Gasteiger partial charge in [-0.3, -0.25) is 0 Å².